The zero-order chi connectivity index (χ0) is 25.4. The number of nitrogens with zero attached hydrogens (tertiary/aromatic N) is 3. The third kappa shape index (κ3) is 7.31. The summed E-state index contributed by atoms with van der Waals surface area (Å²) in [6.07, 6.45) is 5.04. The maximum absolute atomic E-state index is 14.4. The summed E-state index contributed by atoms with van der Waals surface area (Å²) in [5.74, 6) is -2.88. The van der Waals surface area contributed by atoms with Crippen molar-refractivity contribution in [3.05, 3.63) is 41.7 Å². The number of ether oxygens (including phenoxy) is 1. The average Bonchev–Trinajstić information content (AvgIpc) is 3.38. The lowest BCUT2D eigenvalue weighted by Gasteiger charge is -2.34. The molecule has 2 aromatic rings. The lowest BCUT2D eigenvalue weighted by molar-refractivity contribution is -0.135. The number of fused-ring (bicyclic) bond motifs is 1. The van der Waals surface area contributed by atoms with Crippen molar-refractivity contribution in [2.24, 2.45) is 0 Å². The van der Waals surface area contributed by atoms with E-state index in [-0.39, 0.29) is 29.9 Å². The predicted octanol–water partition coefficient (Wildman–Crippen LogP) is 2.72. The third-order valence-electron chi connectivity index (χ3n) is 5.50. The fourth-order valence-corrected chi connectivity index (χ4v) is 4.07. The number of aliphatic carboxylic acids is 2. The van der Waals surface area contributed by atoms with Gasteiger partial charge in [-0.15, -0.1) is 0 Å². The van der Waals surface area contributed by atoms with Crippen LogP contribution in [0.15, 0.2) is 24.5 Å². The first kappa shape index (κ1) is 27.4. The molecule has 0 unspecified atom stereocenters. The SMILES string of the molecule is CC(=O)O.CC(=O)O.Cc1ccc(-c2nccn2[C@@H]2C[C@H]3CO[C@@H](CCO)CN3C2)c(F)c1F. The number of benzene rings is 1. The van der Waals surface area contributed by atoms with Gasteiger partial charge in [0.25, 0.3) is 11.9 Å². The van der Waals surface area contributed by atoms with Crippen LogP contribution >= 0.6 is 0 Å². The van der Waals surface area contributed by atoms with Crippen molar-refractivity contribution < 1.29 is 38.4 Å². The van der Waals surface area contributed by atoms with E-state index in [9.17, 15) is 8.78 Å². The molecule has 11 heteroatoms. The number of aliphatic hydroxyl groups excluding tert-OH is 1. The lowest BCUT2D eigenvalue weighted by Crippen LogP contribution is -2.46. The highest BCUT2D eigenvalue weighted by molar-refractivity contribution is 5.63. The molecule has 2 fully saturated rings. The monoisotopic (exact) mass is 483 g/mol. The Morgan fingerprint density at radius 1 is 1.12 bits per heavy atom. The first-order valence-electron chi connectivity index (χ1n) is 10.9. The Balaban J connectivity index is 0.000000446. The highest BCUT2D eigenvalue weighted by Crippen LogP contribution is 2.34. The van der Waals surface area contributed by atoms with Gasteiger partial charge in [0.15, 0.2) is 11.6 Å². The van der Waals surface area contributed by atoms with Crippen molar-refractivity contribution in [3.63, 3.8) is 0 Å². The van der Waals surface area contributed by atoms with Crippen LogP contribution in [0.2, 0.25) is 0 Å². The first-order chi connectivity index (χ1) is 16.0. The fraction of sp³-hybridized carbons (Fsp3) is 0.522. The van der Waals surface area contributed by atoms with Crippen molar-refractivity contribution in [2.45, 2.75) is 51.8 Å². The van der Waals surface area contributed by atoms with E-state index in [1.807, 2.05) is 10.8 Å². The van der Waals surface area contributed by atoms with E-state index in [0.717, 1.165) is 33.4 Å². The van der Waals surface area contributed by atoms with E-state index in [1.54, 1.807) is 25.3 Å². The Bertz CT molecular complexity index is 964. The molecule has 0 amide bonds. The normalized spacial score (nSPS) is 21.5. The van der Waals surface area contributed by atoms with Crippen molar-refractivity contribution in [1.29, 1.82) is 0 Å². The van der Waals surface area contributed by atoms with E-state index in [0.29, 0.717) is 24.9 Å². The highest BCUT2D eigenvalue weighted by atomic mass is 19.2. The second-order valence-corrected chi connectivity index (χ2v) is 8.22. The number of halogens is 2. The number of aromatic nitrogens is 2. The summed E-state index contributed by atoms with van der Waals surface area (Å²) >= 11 is 0. The minimum absolute atomic E-state index is 0.0564. The first-order valence-corrected chi connectivity index (χ1v) is 10.9. The van der Waals surface area contributed by atoms with Crippen molar-refractivity contribution in [2.75, 3.05) is 26.3 Å². The van der Waals surface area contributed by atoms with Crippen molar-refractivity contribution >= 4 is 11.9 Å². The number of morpholine rings is 1. The molecule has 2 saturated heterocycles. The molecule has 0 aliphatic carbocycles. The quantitative estimate of drug-likeness (QED) is 0.606. The minimum Gasteiger partial charge on any atom is -0.481 e. The summed E-state index contributed by atoms with van der Waals surface area (Å²) in [6.45, 7) is 6.08. The molecular formula is C23H31F2N3O6. The van der Waals surface area contributed by atoms with E-state index < -0.39 is 23.6 Å². The van der Waals surface area contributed by atoms with Gasteiger partial charge >= 0.3 is 0 Å². The Morgan fingerprint density at radius 2 is 1.76 bits per heavy atom. The van der Waals surface area contributed by atoms with Crippen LogP contribution in [0.3, 0.4) is 0 Å². The van der Waals surface area contributed by atoms with E-state index >= 15 is 0 Å². The van der Waals surface area contributed by atoms with Gasteiger partial charge in [0.2, 0.25) is 0 Å². The number of carbonyl (C=O) groups is 2. The van der Waals surface area contributed by atoms with E-state index in [2.05, 4.69) is 9.88 Å². The number of rotatable bonds is 4. The summed E-state index contributed by atoms with van der Waals surface area (Å²) in [7, 11) is 0. The molecule has 3 heterocycles. The van der Waals surface area contributed by atoms with Gasteiger partial charge in [-0.2, -0.15) is 0 Å². The average molecular weight is 484 g/mol. The van der Waals surface area contributed by atoms with Crippen LogP contribution in [-0.2, 0) is 14.3 Å². The number of hydrogen-bond donors (Lipinski definition) is 3. The summed E-state index contributed by atoms with van der Waals surface area (Å²) in [5, 5.41) is 23.9. The van der Waals surface area contributed by atoms with Crippen molar-refractivity contribution in [1.82, 2.24) is 14.5 Å². The van der Waals surface area contributed by atoms with Crippen molar-refractivity contribution in [3.8, 4) is 11.4 Å². The summed E-state index contributed by atoms with van der Waals surface area (Å²) in [5.41, 5.74) is 0.479. The molecule has 1 aromatic carbocycles. The number of aryl methyl sites for hydroxylation is 1. The van der Waals surface area contributed by atoms with Gasteiger partial charge in [-0.1, -0.05) is 6.07 Å². The van der Waals surface area contributed by atoms with Gasteiger partial charge in [0.1, 0.15) is 5.82 Å². The molecule has 0 saturated carbocycles. The molecule has 0 bridgehead atoms. The maximum atomic E-state index is 14.4. The molecule has 34 heavy (non-hydrogen) atoms. The maximum Gasteiger partial charge on any atom is 0.300 e. The van der Waals surface area contributed by atoms with Gasteiger partial charge in [-0.3, -0.25) is 14.5 Å². The van der Waals surface area contributed by atoms with Gasteiger partial charge < -0.3 is 24.6 Å². The van der Waals surface area contributed by atoms with Crippen LogP contribution < -0.4 is 0 Å². The number of imidazole rings is 1. The Labute approximate surface area is 196 Å². The molecule has 3 N–H and O–H groups in total. The topological polar surface area (TPSA) is 125 Å². The molecular weight excluding hydrogens is 452 g/mol. The molecule has 2 aliphatic heterocycles. The standard InChI is InChI=1S/C19H23F2N3O2.2C2H4O2/c1-12-2-3-16(18(21)17(12)20)19-22-5-6-24(19)13-8-14-11-26-15(4-7-25)10-23(14)9-13;2*1-2(3)4/h2-3,5-6,13-15,25H,4,7-11H2,1H3;2*1H3,(H,3,4)/t13-,14+,15+;;/m1../s1. The highest BCUT2D eigenvalue weighted by Gasteiger charge is 2.38. The minimum atomic E-state index is -0.848. The summed E-state index contributed by atoms with van der Waals surface area (Å²) in [6, 6.07) is 3.62. The van der Waals surface area contributed by atoms with E-state index in [1.165, 1.54) is 0 Å². The Kier molecular flexibility index (Phi) is 10.1. The van der Waals surface area contributed by atoms with Crippen LogP contribution in [0.25, 0.3) is 11.4 Å². The largest absolute Gasteiger partial charge is 0.481 e. The van der Waals surface area contributed by atoms with E-state index in [4.69, 9.17) is 29.6 Å². The Morgan fingerprint density at radius 3 is 2.38 bits per heavy atom. The summed E-state index contributed by atoms with van der Waals surface area (Å²) in [4.78, 5) is 24.7. The molecule has 2 aliphatic rings. The molecule has 0 radical (unpaired) electrons. The zero-order valence-electron chi connectivity index (χ0n) is 19.4. The molecule has 4 rings (SSSR count). The Hall–Kier alpha value is -2.89. The van der Waals surface area contributed by atoms with Crippen LogP contribution in [0.1, 0.15) is 38.3 Å². The van der Waals surface area contributed by atoms with Crippen LogP contribution in [0, 0.1) is 18.6 Å². The summed E-state index contributed by atoms with van der Waals surface area (Å²) < 4.78 is 36.2. The fourth-order valence-electron chi connectivity index (χ4n) is 4.07. The third-order valence-corrected chi connectivity index (χ3v) is 5.50. The molecule has 0 spiro atoms. The number of hydrogen-bond acceptors (Lipinski definition) is 6. The van der Waals surface area contributed by atoms with Crippen LogP contribution in [-0.4, -0.2) is 80.2 Å². The van der Waals surface area contributed by atoms with Gasteiger partial charge in [-0.05, 0) is 31.4 Å². The smallest absolute Gasteiger partial charge is 0.300 e. The van der Waals surface area contributed by atoms with Crippen LogP contribution in [0.5, 0.6) is 0 Å². The number of carboxylic acid groups (broad SMARTS) is 2. The van der Waals surface area contributed by atoms with Gasteiger partial charge in [-0.25, -0.2) is 13.8 Å². The van der Waals surface area contributed by atoms with Gasteiger partial charge in [0.05, 0.1) is 18.3 Å². The number of aliphatic hydroxyl groups is 1. The molecule has 9 nitrogen and oxygen atoms in total. The van der Waals surface area contributed by atoms with Crippen LogP contribution in [0.4, 0.5) is 8.78 Å². The molecule has 3 atom stereocenters. The molecule has 1 aromatic heterocycles. The predicted molar refractivity (Wildman–Crippen MR) is 119 cm³/mol. The number of carboxylic acids is 2. The second kappa shape index (κ2) is 12.5. The second-order valence-electron chi connectivity index (χ2n) is 8.22. The lowest BCUT2D eigenvalue weighted by atomic mass is 10.1. The molecule has 188 valence electrons. The zero-order valence-corrected chi connectivity index (χ0v) is 19.4. The van der Waals surface area contributed by atoms with Gasteiger partial charge in [0, 0.05) is 58.0 Å².